The molecular weight excluding hydrogens is 412 g/mol. The van der Waals surface area contributed by atoms with Gasteiger partial charge in [-0.05, 0) is 70.8 Å². The lowest BCUT2D eigenvalue weighted by Gasteiger charge is -2.23. The summed E-state index contributed by atoms with van der Waals surface area (Å²) < 4.78 is 5.50. The number of H-pyrrole nitrogens is 1. The zero-order valence-corrected chi connectivity index (χ0v) is 19.6. The lowest BCUT2D eigenvalue weighted by molar-refractivity contribution is 0.0717. The average Bonchev–Trinajstić information content (AvgIpc) is 3.31. The minimum absolute atomic E-state index is 0.00512. The molecule has 2 heterocycles. The van der Waals surface area contributed by atoms with E-state index in [1.807, 2.05) is 48.5 Å². The van der Waals surface area contributed by atoms with Crippen molar-refractivity contribution in [2.45, 2.75) is 52.6 Å². The molecule has 1 N–H and O–H groups in total. The van der Waals surface area contributed by atoms with Gasteiger partial charge in [0.05, 0.1) is 19.4 Å². The molecule has 4 rings (SSSR count). The highest BCUT2D eigenvalue weighted by Gasteiger charge is 2.21. The number of fused-ring (bicyclic) bond motifs is 1. The Labute approximate surface area is 194 Å². The molecule has 0 unspecified atom stereocenters. The van der Waals surface area contributed by atoms with Gasteiger partial charge in [-0.1, -0.05) is 45.9 Å². The SMILES string of the molecule is CCc1ccc2[nH]c(=O)c(CN(Cc3ccco3)C(=O)c3ccc(C(C)(C)C)cc3)cc2c1. The van der Waals surface area contributed by atoms with Gasteiger partial charge in [0.2, 0.25) is 0 Å². The van der Waals surface area contributed by atoms with Crippen LogP contribution in [0.4, 0.5) is 0 Å². The van der Waals surface area contributed by atoms with E-state index in [0.29, 0.717) is 16.9 Å². The molecule has 0 aliphatic heterocycles. The Morgan fingerprint density at radius 3 is 2.39 bits per heavy atom. The Balaban J connectivity index is 1.68. The third-order valence-electron chi connectivity index (χ3n) is 5.97. The summed E-state index contributed by atoms with van der Waals surface area (Å²) in [7, 11) is 0. The smallest absolute Gasteiger partial charge is 0.254 e. The number of amides is 1. The van der Waals surface area contributed by atoms with Gasteiger partial charge in [0, 0.05) is 16.6 Å². The molecular formula is C28H30N2O3. The maximum atomic E-state index is 13.5. The number of furan rings is 1. The first kappa shape index (κ1) is 22.6. The largest absolute Gasteiger partial charge is 0.467 e. The number of nitrogens with one attached hydrogen (secondary N) is 1. The molecule has 0 aliphatic rings. The zero-order valence-electron chi connectivity index (χ0n) is 19.6. The van der Waals surface area contributed by atoms with Crippen LogP contribution in [0.1, 0.15) is 60.5 Å². The van der Waals surface area contributed by atoms with Crippen LogP contribution in [-0.4, -0.2) is 15.8 Å². The van der Waals surface area contributed by atoms with Gasteiger partial charge < -0.3 is 14.3 Å². The summed E-state index contributed by atoms with van der Waals surface area (Å²) >= 11 is 0. The molecule has 170 valence electrons. The van der Waals surface area contributed by atoms with Gasteiger partial charge in [-0.3, -0.25) is 9.59 Å². The highest BCUT2D eigenvalue weighted by atomic mass is 16.3. The lowest BCUT2D eigenvalue weighted by Crippen LogP contribution is -2.32. The molecule has 4 aromatic rings. The Hall–Kier alpha value is -3.60. The predicted molar refractivity (Wildman–Crippen MR) is 131 cm³/mol. The van der Waals surface area contributed by atoms with E-state index in [4.69, 9.17) is 4.42 Å². The van der Waals surface area contributed by atoms with E-state index in [1.165, 1.54) is 5.56 Å². The summed E-state index contributed by atoms with van der Waals surface area (Å²) in [6, 6.07) is 19.3. The first-order valence-electron chi connectivity index (χ1n) is 11.3. The van der Waals surface area contributed by atoms with Crippen LogP contribution >= 0.6 is 0 Å². The Bertz CT molecular complexity index is 1310. The first-order chi connectivity index (χ1) is 15.7. The number of aryl methyl sites for hydroxylation is 1. The fraction of sp³-hybridized carbons (Fsp3) is 0.286. The second-order valence-electron chi connectivity index (χ2n) is 9.47. The highest BCUT2D eigenvalue weighted by Crippen LogP contribution is 2.23. The van der Waals surface area contributed by atoms with Crippen molar-refractivity contribution in [2.24, 2.45) is 0 Å². The minimum atomic E-state index is -0.188. The van der Waals surface area contributed by atoms with Crippen LogP contribution in [-0.2, 0) is 24.9 Å². The number of benzene rings is 2. The fourth-order valence-corrected chi connectivity index (χ4v) is 3.93. The quantitative estimate of drug-likeness (QED) is 0.409. The molecule has 5 nitrogen and oxygen atoms in total. The molecule has 5 heteroatoms. The van der Waals surface area contributed by atoms with Crippen LogP contribution in [0.15, 0.2) is 76.1 Å². The minimum Gasteiger partial charge on any atom is -0.467 e. The molecule has 1 amide bonds. The molecule has 2 aromatic heterocycles. The van der Waals surface area contributed by atoms with Crippen LogP contribution in [0.2, 0.25) is 0 Å². The molecule has 0 saturated heterocycles. The molecule has 33 heavy (non-hydrogen) atoms. The van der Waals surface area contributed by atoms with E-state index in [2.05, 4.69) is 38.7 Å². The van der Waals surface area contributed by atoms with Crippen LogP contribution in [0, 0.1) is 0 Å². The van der Waals surface area contributed by atoms with Crippen molar-refractivity contribution in [3.05, 3.63) is 105 Å². The number of aromatic nitrogens is 1. The predicted octanol–water partition coefficient (Wildman–Crippen LogP) is 5.82. The van der Waals surface area contributed by atoms with E-state index in [1.54, 1.807) is 17.2 Å². The number of carbonyl (C=O) groups excluding carboxylic acids is 1. The van der Waals surface area contributed by atoms with Crippen molar-refractivity contribution in [2.75, 3.05) is 0 Å². The summed E-state index contributed by atoms with van der Waals surface area (Å²) in [5, 5.41) is 0.962. The lowest BCUT2D eigenvalue weighted by atomic mass is 9.86. The van der Waals surface area contributed by atoms with Gasteiger partial charge in [0.15, 0.2) is 0 Å². The molecule has 0 bridgehead atoms. The van der Waals surface area contributed by atoms with Crippen molar-refractivity contribution >= 4 is 16.8 Å². The Kier molecular flexibility index (Phi) is 6.23. The standard InChI is InChI=1S/C28H30N2O3/c1-5-19-8-13-25-21(15-19)16-22(26(31)29-25)17-30(18-24-7-6-14-33-24)27(32)20-9-11-23(12-10-20)28(2,3)4/h6-16H,5,17-18H2,1-4H3,(H,29,31). The second kappa shape index (κ2) is 9.10. The average molecular weight is 443 g/mol. The number of pyridine rings is 1. The van der Waals surface area contributed by atoms with Crippen molar-refractivity contribution in [3.63, 3.8) is 0 Å². The van der Waals surface area contributed by atoms with Crippen molar-refractivity contribution < 1.29 is 9.21 Å². The first-order valence-corrected chi connectivity index (χ1v) is 11.3. The van der Waals surface area contributed by atoms with E-state index in [-0.39, 0.29) is 30.0 Å². The summed E-state index contributed by atoms with van der Waals surface area (Å²) in [4.78, 5) is 30.9. The van der Waals surface area contributed by atoms with Crippen LogP contribution in [0.5, 0.6) is 0 Å². The van der Waals surface area contributed by atoms with E-state index in [9.17, 15) is 9.59 Å². The number of nitrogens with zero attached hydrogens (tertiary/aromatic N) is 1. The van der Waals surface area contributed by atoms with E-state index >= 15 is 0 Å². The summed E-state index contributed by atoms with van der Waals surface area (Å²) in [6.45, 7) is 8.99. The number of hydrogen-bond acceptors (Lipinski definition) is 3. The summed E-state index contributed by atoms with van der Waals surface area (Å²) in [5.74, 6) is 0.522. The van der Waals surface area contributed by atoms with E-state index in [0.717, 1.165) is 22.9 Å². The molecule has 0 fully saturated rings. The van der Waals surface area contributed by atoms with Gasteiger partial charge in [-0.2, -0.15) is 0 Å². The Morgan fingerprint density at radius 1 is 1.00 bits per heavy atom. The molecule has 0 spiro atoms. The number of hydrogen-bond donors (Lipinski definition) is 1. The molecule has 0 atom stereocenters. The van der Waals surface area contributed by atoms with Crippen LogP contribution in [0.3, 0.4) is 0 Å². The third kappa shape index (κ3) is 5.08. The molecule has 0 aliphatic carbocycles. The number of aromatic amines is 1. The maximum Gasteiger partial charge on any atom is 0.254 e. The number of carbonyl (C=O) groups is 1. The zero-order chi connectivity index (χ0) is 23.6. The molecule has 0 radical (unpaired) electrons. The monoisotopic (exact) mass is 442 g/mol. The number of rotatable bonds is 6. The third-order valence-corrected chi connectivity index (χ3v) is 5.97. The summed E-state index contributed by atoms with van der Waals surface area (Å²) in [5.41, 5.74) is 4.10. The van der Waals surface area contributed by atoms with Crippen LogP contribution in [0.25, 0.3) is 10.9 Å². The van der Waals surface area contributed by atoms with Crippen molar-refractivity contribution in [1.29, 1.82) is 0 Å². The van der Waals surface area contributed by atoms with Gasteiger partial charge in [-0.15, -0.1) is 0 Å². The second-order valence-corrected chi connectivity index (χ2v) is 9.47. The Morgan fingerprint density at radius 2 is 1.76 bits per heavy atom. The maximum absolute atomic E-state index is 13.5. The van der Waals surface area contributed by atoms with Gasteiger partial charge >= 0.3 is 0 Å². The highest BCUT2D eigenvalue weighted by molar-refractivity contribution is 5.94. The topological polar surface area (TPSA) is 66.3 Å². The summed E-state index contributed by atoms with van der Waals surface area (Å²) in [6.07, 6.45) is 2.50. The van der Waals surface area contributed by atoms with Crippen molar-refractivity contribution in [1.82, 2.24) is 9.88 Å². The van der Waals surface area contributed by atoms with Gasteiger partial charge in [0.1, 0.15) is 5.76 Å². The molecule has 0 saturated carbocycles. The fourth-order valence-electron chi connectivity index (χ4n) is 3.93. The normalized spacial score (nSPS) is 11.6. The van der Waals surface area contributed by atoms with Crippen LogP contribution < -0.4 is 5.56 Å². The van der Waals surface area contributed by atoms with Crippen molar-refractivity contribution in [3.8, 4) is 0 Å². The molecule has 2 aromatic carbocycles. The van der Waals surface area contributed by atoms with E-state index < -0.39 is 0 Å². The van der Waals surface area contributed by atoms with Gasteiger partial charge in [-0.25, -0.2) is 0 Å². The van der Waals surface area contributed by atoms with Gasteiger partial charge in [0.25, 0.3) is 11.5 Å².